The molecule has 0 aliphatic heterocycles. The summed E-state index contributed by atoms with van der Waals surface area (Å²) < 4.78 is 23.5. The summed E-state index contributed by atoms with van der Waals surface area (Å²) in [5, 5.41) is 13.8. The zero-order valence-electron chi connectivity index (χ0n) is 37.1. The van der Waals surface area contributed by atoms with E-state index in [2.05, 4.69) is 55.6 Å². The fourth-order valence-electron chi connectivity index (χ4n) is 6.30. The fraction of sp³-hybridized carbons (Fsp3) is 0.809. The smallest absolute Gasteiger partial charge is 0.387 e. The molecule has 0 aliphatic rings. The van der Waals surface area contributed by atoms with Gasteiger partial charge in [0.05, 0.1) is 39.9 Å². The van der Waals surface area contributed by atoms with Gasteiger partial charge in [0, 0.05) is 6.42 Å². The van der Waals surface area contributed by atoms with Crippen molar-refractivity contribution in [2.24, 2.45) is 0 Å². The third kappa shape index (κ3) is 40.6. The summed E-state index contributed by atoms with van der Waals surface area (Å²) >= 11 is 0. The van der Waals surface area contributed by atoms with Crippen molar-refractivity contribution in [3.8, 4) is 0 Å². The summed E-state index contributed by atoms with van der Waals surface area (Å²) in [6.07, 6.45) is 48.9. The number of allylic oxidation sites excluding steroid dienone is 7. The van der Waals surface area contributed by atoms with Crippen molar-refractivity contribution >= 4 is 13.7 Å². The molecule has 0 bridgehead atoms. The quantitative estimate of drug-likeness (QED) is 0.0246. The predicted molar refractivity (Wildman–Crippen MR) is 240 cm³/mol. The van der Waals surface area contributed by atoms with E-state index in [1.807, 2.05) is 27.2 Å². The van der Waals surface area contributed by atoms with Crippen molar-refractivity contribution in [3.63, 3.8) is 0 Å². The van der Waals surface area contributed by atoms with Gasteiger partial charge in [0.2, 0.25) is 5.91 Å². The Hall–Kier alpha value is -1.54. The van der Waals surface area contributed by atoms with Gasteiger partial charge in [-0.05, 0) is 70.6 Å². The van der Waals surface area contributed by atoms with Crippen LogP contribution in [-0.2, 0) is 18.4 Å². The molecule has 0 aromatic rings. The van der Waals surface area contributed by atoms with E-state index in [4.69, 9.17) is 9.05 Å². The number of unbranched alkanes of at least 4 members (excludes halogenated alkanes) is 22. The lowest BCUT2D eigenvalue weighted by molar-refractivity contribution is -0.870. The Bertz CT molecular complexity index is 1050. The van der Waals surface area contributed by atoms with Crippen LogP contribution in [0.3, 0.4) is 0 Å². The summed E-state index contributed by atoms with van der Waals surface area (Å²) in [6, 6.07) is -0.871. The molecule has 9 heteroatoms. The van der Waals surface area contributed by atoms with Crippen LogP contribution in [-0.4, -0.2) is 73.4 Å². The number of likely N-dealkylation sites (N-methyl/N-ethyl adjacent to an activating group) is 1. The standard InChI is InChI=1S/C47H89N2O6P/c1-6-8-10-12-14-16-18-20-22-24-26-28-30-32-34-36-38-40-46(50)45(44-55-56(52,53)54-43-42-49(3,4)5)48-47(51)41-39-37-35-33-31-29-27-25-23-21-19-17-15-13-11-9-7-2/h21-24,30,32,38,40,45-46,50H,6-20,25-29,31,33-37,39,41-44H2,1-5H3,(H-,48,51,52,53)/p+1/b23-21-,24-22+,32-30+,40-38+. The zero-order valence-corrected chi connectivity index (χ0v) is 38.0. The third-order valence-electron chi connectivity index (χ3n) is 10.00. The van der Waals surface area contributed by atoms with Crippen LogP contribution in [0.5, 0.6) is 0 Å². The number of phosphoric ester groups is 1. The monoisotopic (exact) mass is 810 g/mol. The number of hydrogen-bond acceptors (Lipinski definition) is 5. The van der Waals surface area contributed by atoms with Crippen molar-refractivity contribution in [2.75, 3.05) is 40.9 Å². The van der Waals surface area contributed by atoms with Gasteiger partial charge in [-0.3, -0.25) is 13.8 Å². The molecule has 0 saturated carbocycles. The average Bonchev–Trinajstić information content (AvgIpc) is 3.15. The van der Waals surface area contributed by atoms with Gasteiger partial charge in [0.25, 0.3) is 0 Å². The first kappa shape index (κ1) is 54.5. The minimum atomic E-state index is -4.35. The van der Waals surface area contributed by atoms with Crippen LogP contribution in [0, 0.1) is 0 Å². The number of carbonyl (C=O) groups is 1. The lowest BCUT2D eigenvalue weighted by Gasteiger charge is -2.25. The maximum atomic E-state index is 12.9. The lowest BCUT2D eigenvalue weighted by Crippen LogP contribution is -2.45. The van der Waals surface area contributed by atoms with Crippen LogP contribution < -0.4 is 5.32 Å². The van der Waals surface area contributed by atoms with E-state index < -0.39 is 20.0 Å². The van der Waals surface area contributed by atoms with Crippen molar-refractivity contribution in [2.45, 2.75) is 206 Å². The van der Waals surface area contributed by atoms with E-state index in [0.29, 0.717) is 17.4 Å². The molecule has 0 radical (unpaired) electrons. The molecule has 3 atom stereocenters. The van der Waals surface area contributed by atoms with E-state index in [1.165, 1.54) is 128 Å². The summed E-state index contributed by atoms with van der Waals surface area (Å²) in [5.41, 5.74) is 0. The SMILES string of the molecule is CCCCCCCC/C=C\CCCCCCCCCC(=O)NC(COP(=O)(O)OCC[N+](C)(C)C)C(O)/C=C/CC/C=C/CC/C=C/CCCCCCCCC. The van der Waals surface area contributed by atoms with Gasteiger partial charge in [-0.25, -0.2) is 4.57 Å². The number of nitrogens with one attached hydrogen (secondary N) is 1. The largest absolute Gasteiger partial charge is 0.472 e. The number of carbonyl (C=O) groups excluding carboxylic acids is 1. The van der Waals surface area contributed by atoms with Gasteiger partial charge in [0.1, 0.15) is 13.2 Å². The zero-order chi connectivity index (χ0) is 41.4. The van der Waals surface area contributed by atoms with Crippen molar-refractivity contribution in [1.82, 2.24) is 5.32 Å². The van der Waals surface area contributed by atoms with Crippen LogP contribution in [0.1, 0.15) is 194 Å². The van der Waals surface area contributed by atoms with Crippen LogP contribution in [0.25, 0.3) is 0 Å². The van der Waals surface area contributed by atoms with Gasteiger partial charge in [-0.1, -0.05) is 165 Å². The molecule has 8 nitrogen and oxygen atoms in total. The topological polar surface area (TPSA) is 105 Å². The highest BCUT2D eigenvalue weighted by molar-refractivity contribution is 7.47. The van der Waals surface area contributed by atoms with Crippen LogP contribution in [0.4, 0.5) is 0 Å². The molecule has 56 heavy (non-hydrogen) atoms. The Kier molecular flexibility index (Phi) is 37.9. The van der Waals surface area contributed by atoms with E-state index >= 15 is 0 Å². The van der Waals surface area contributed by atoms with Gasteiger partial charge < -0.3 is 19.8 Å². The van der Waals surface area contributed by atoms with Crippen LogP contribution >= 0.6 is 7.82 Å². The average molecular weight is 810 g/mol. The molecule has 0 aliphatic carbocycles. The van der Waals surface area contributed by atoms with E-state index in [1.54, 1.807) is 6.08 Å². The molecule has 0 aromatic carbocycles. The molecule has 3 N–H and O–H groups in total. The normalized spacial score (nSPS) is 14.8. The molecule has 0 saturated heterocycles. The van der Waals surface area contributed by atoms with Crippen LogP contribution in [0.15, 0.2) is 48.6 Å². The molecule has 328 valence electrons. The second-order valence-corrected chi connectivity index (χ2v) is 18.2. The second kappa shape index (κ2) is 38.9. The van der Waals surface area contributed by atoms with Crippen LogP contribution in [0.2, 0.25) is 0 Å². The highest BCUT2D eigenvalue weighted by Gasteiger charge is 2.27. The highest BCUT2D eigenvalue weighted by atomic mass is 31.2. The van der Waals surface area contributed by atoms with Gasteiger partial charge in [-0.2, -0.15) is 0 Å². The van der Waals surface area contributed by atoms with E-state index in [0.717, 1.165) is 44.9 Å². The minimum Gasteiger partial charge on any atom is -0.387 e. The Morgan fingerprint density at radius 3 is 1.43 bits per heavy atom. The first-order valence-electron chi connectivity index (χ1n) is 23.0. The molecule has 1 amide bonds. The molecular formula is C47H90N2O6P+. The second-order valence-electron chi connectivity index (χ2n) is 16.8. The molecular weight excluding hydrogens is 719 g/mol. The summed E-state index contributed by atoms with van der Waals surface area (Å²) in [4.78, 5) is 23.1. The van der Waals surface area contributed by atoms with Crippen molar-refractivity contribution in [1.29, 1.82) is 0 Å². The maximum absolute atomic E-state index is 12.9. The lowest BCUT2D eigenvalue weighted by atomic mass is 10.1. The third-order valence-corrected chi connectivity index (χ3v) is 11.0. The number of aliphatic hydroxyl groups is 1. The number of amides is 1. The Balaban J connectivity index is 4.49. The fourth-order valence-corrected chi connectivity index (χ4v) is 7.04. The molecule has 0 fully saturated rings. The molecule has 0 spiro atoms. The number of nitrogens with zero attached hydrogens (tertiary/aromatic N) is 1. The summed E-state index contributed by atoms with van der Waals surface area (Å²) in [7, 11) is 1.54. The number of hydrogen-bond donors (Lipinski definition) is 3. The molecule has 0 aromatic heterocycles. The Morgan fingerprint density at radius 2 is 0.982 bits per heavy atom. The van der Waals surface area contributed by atoms with Crippen molar-refractivity contribution < 1.29 is 32.9 Å². The van der Waals surface area contributed by atoms with Crippen molar-refractivity contribution in [3.05, 3.63) is 48.6 Å². The highest BCUT2D eigenvalue weighted by Crippen LogP contribution is 2.43. The molecule has 0 rings (SSSR count). The first-order valence-corrected chi connectivity index (χ1v) is 24.5. The predicted octanol–water partition coefficient (Wildman–Crippen LogP) is 12.9. The van der Waals surface area contributed by atoms with Gasteiger partial charge in [0.15, 0.2) is 0 Å². The van der Waals surface area contributed by atoms with Gasteiger partial charge in [-0.15, -0.1) is 0 Å². The maximum Gasteiger partial charge on any atom is 0.472 e. The number of rotatable bonds is 41. The minimum absolute atomic E-state index is 0.0518. The molecule has 3 unspecified atom stereocenters. The Labute approximate surface area is 346 Å². The summed E-state index contributed by atoms with van der Waals surface area (Å²) in [5.74, 6) is -0.197. The Morgan fingerprint density at radius 1 is 0.589 bits per heavy atom. The van der Waals surface area contributed by atoms with E-state index in [9.17, 15) is 19.4 Å². The van der Waals surface area contributed by atoms with Gasteiger partial charge >= 0.3 is 7.82 Å². The molecule has 0 heterocycles. The first-order chi connectivity index (χ1) is 27.0. The number of aliphatic hydroxyl groups excluding tert-OH is 1. The van der Waals surface area contributed by atoms with E-state index in [-0.39, 0.29) is 19.1 Å². The summed E-state index contributed by atoms with van der Waals surface area (Å²) in [6.45, 7) is 4.76. The number of quaternary nitrogens is 1. The number of phosphoric acid groups is 1.